The highest BCUT2D eigenvalue weighted by molar-refractivity contribution is 5.85. The van der Waals surface area contributed by atoms with Gasteiger partial charge in [0.1, 0.15) is 6.61 Å². The van der Waals surface area contributed by atoms with Crippen LogP contribution in [0.2, 0.25) is 0 Å². The molecule has 0 aromatic carbocycles. The summed E-state index contributed by atoms with van der Waals surface area (Å²) in [5, 5.41) is 6.32. The second-order valence-corrected chi connectivity index (χ2v) is 4.10. The smallest absolute Gasteiger partial charge is 0.246 e. The van der Waals surface area contributed by atoms with E-state index < -0.39 is 0 Å². The van der Waals surface area contributed by atoms with Crippen LogP contribution in [0.15, 0.2) is 0 Å². The van der Waals surface area contributed by atoms with Crippen LogP contribution in [0.25, 0.3) is 0 Å². The molecule has 1 saturated heterocycles. The van der Waals surface area contributed by atoms with E-state index >= 15 is 0 Å². The van der Waals surface area contributed by atoms with Crippen LogP contribution < -0.4 is 10.6 Å². The predicted octanol–water partition coefficient (Wildman–Crippen LogP) is 0.328. The molecule has 0 aliphatic carbocycles. The maximum Gasteiger partial charge on any atom is 0.246 e. The molecule has 0 radical (unpaired) electrons. The van der Waals surface area contributed by atoms with E-state index in [0.29, 0.717) is 19.3 Å². The standard InChI is InChI=1S/C11H22N2O3.ClH/c1-9-10(4-3-5-12-9)13-11(14)8-16-7-6-15-2;/h9-10,12H,3-8H2,1-2H3,(H,13,14);1H. The summed E-state index contributed by atoms with van der Waals surface area (Å²) in [6.45, 7) is 4.23. The molecule has 102 valence electrons. The number of ether oxygens (including phenoxy) is 2. The Morgan fingerprint density at radius 1 is 1.47 bits per heavy atom. The first kappa shape index (κ1) is 16.6. The van der Waals surface area contributed by atoms with E-state index in [1.165, 1.54) is 0 Å². The molecule has 0 spiro atoms. The van der Waals surface area contributed by atoms with E-state index in [2.05, 4.69) is 17.6 Å². The van der Waals surface area contributed by atoms with E-state index in [0.717, 1.165) is 19.4 Å². The SMILES string of the molecule is COCCOCC(=O)NC1CCCNC1C.Cl. The van der Waals surface area contributed by atoms with Crippen molar-refractivity contribution in [1.29, 1.82) is 0 Å². The van der Waals surface area contributed by atoms with Gasteiger partial charge in [0.05, 0.1) is 13.2 Å². The molecule has 1 amide bonds. The molecule has 2 unspecified atom stereocenters. The van der Waals surface area contributed by atoms with Crippen LogP contribution in [0.3, 0.4) is 0 Å². The Labute approximate surface area is 109 Å². The Bertz CT molecular complexity index is 217. The fourth-order valence-electron chi connectivity index (χ4n) is 1.80. The van der Waals surface area contributed by atoms with Gasteiger partial charge in [0, 0.05) is 19.2 Å². The summed E-state index contributed by atoms with van der Waals surface area (Å²) in [4.78, 5) is 11.5. The van der Waals surface area contributed by atoms with Gasteiger partial charge in [-0.2, -0.15) is 0 Å². The summed E-state index contributed by atoms with van der Waals surface area (Å²) in [6.07, 6.45) is 2.15. The van der Waals surface area contributed by atoms with Crippen molar-refractivity contribution < 1.29 is 14.3 Å². The number of hydrogen-bond acceptors (Lipinski definition) is 4. The third-order valence-electron chi connectivity index (χ3n) is 2.77. The summed E-state index contributed by atoms with van der Waals surface area (Å²) in [6, 6.07) is 0.573. The number of methoxy groups -OCH3 is 1. The molecule has 2 N–H and O–H groups in total. The van der Waals surface area contributed by atoms with E-state index in [4.69, 9.17) is 9.47 Å². The average Bonchev–Trinajstić information content (AvgIpc) is 2.28. The van der Waals surface area contributed by atoms with Crippen molar-refractivity contribution in [2.24, 2.45) is 0 Å². The van der Waals surface area contributed by atoms with Gasteiger partial charge in [-0.3, -0.25) is 4.79 Å². The number of carbonyl (C=O) groups is 1. The van der Waals surface area contributed by atoms with Crippen LogP contribution in [0.1, 0.15) is 19.8 Å². The van der Waals surface area contributed by atoms with E-state index in [1.807, 2.05) is 0 Å². The minimum atomic E-state index is -0.0448. The number of halogens is 1. The number of hydrogen-bond donors (Lipinski definition) is 2. The summed E-state index contributed by atoms with van der Waals surface area (Å²) >= 11 is 0. The summed E-state index contributed by atoms with van der Waals surface area (Å²) < 4.78 is 9.98. The Morgan fingerprint density at radius 3 is 2.88 bits per heavy atom. The van der Waals surface area contributed by atoms with Crippen LogP contribution in [0.4, 0.5) is 0 Å². The maximum absolute atomic E-state index is 11.5. The molecule has 5 nitrogen and oxygen atoms in total. The van der Waals surface area contributed by atoms with Gasteiger partial charge in [0.2, 0.25) is 5.91 Å². The van der Waals surface area contributed by atoms with E-state index in [1.54, 1.807) is 7.11 Å². The van der Waals surface area contributed by atoms with Crippen LogP contribution in [0, 0.1) is 0 Å². The molecule has 0 aromatic heterocycles. The van der Waals surface area contributed by atoms with Crippen LogP contribution in [-0.4, -0.2) is 51.5 Å². The molecule has 1 rings (SSSR count). The lowest BCUT2D eigenvalue weighted by Gasteiger charge is -2.30. The van der Waals surface area contributed by atoms with Crippen molar-refractivity contribution in [2.45, 2.75) is 31.8 Å². The first-order valence-corrected chi connectivity index (χ1v) is 5.83. The van der Waals surface area contributed by atoms with Crippen molar-refractivity contribution in [3.63, 3.8) is 0 Å². The number of nitrogens with one attached hydrogen (secondary N) is 2. The van der Waals surface area contributed by atoms with Gasteiger partial charge in [-0.1, -0.05) is 0 Å². The van der Waals surface area contributed by atoms with E-state index in [9.17, 15) is 4.79 Å². The van der Waals surface area contributed by atoms with Crippen LogP contribution in [0.5, 0.6) is 0 Å². The fourth-order valence-corrected chi connectivity index (χ4v) is 1.80. The lowest BCUT2D eigenvalue weighted by molar-refractivity contribution is -0.127. The minimum absolute atomic E-state index is 0. The molecule has 1 aliphatic heterocycles. The quantitative estimate of drug-likeness (QED) is 0.680. The van der Waals surface area contributed by atoms with Crippen molar-refractivity contribution in [3.8, 4) is 0 Å². The second kappa shape index (κ2) is 9.65. The molecule has 0 bridgehead atoms. The normalized spacial score (nSPS) is 23.9. The largest absolute Gasteiger partial charge is 0.382 e. The molecule has 1 fully saturated rings. The molecule has 0 saturated carbocycles. The highest BCUT2D eigenvalue weighted by Gasteiger charge is 2.21. The van der Waals surface area contributed by atoms with Gasteiger partial charge in [0.15, 0.2) is 0 Å². The zero-order chi connectivity index (χ0) is 11.8. The third kappa shape index (κ3) is 6.83. The van der Waals surface area contributed by atoms with Crippen molar-refractivity contribution in [2.75, 3.05) is 33.5 Å². The Morgan fingerprint density at radius 2 is 2.24 bits per heavy atom. The second-order valence-electron chi connectivity index (χ2n) is 4.10. The predicted molar refractivity (Wildman–Crippen MR) is 68.6 cm³/mol. The van der Waals surface area contributed by atoms with Gasteiger partial charge in [-0.25, -0.2) is 0 Å². The average molecular weight is 267 g/mol. The Kier molecular flexibility index (Phi) is 9.44. The van der Waals surface area contributed by atoms with Gasteiger partial charge >= 0.3 is 0 Å². The maximum atomic E-state index is 11.5. The number of amides is 1. The molecular formula is C11H23ClN2O3. The number of carbonyl (C=O) groups excluding carboxylic acids is 1. The zero-order valence-electron chi connectivity index (χ0n) is 10.5. The van der Waals surface area contributed by atoms with Crippen molar-refractivity contribution >= 4 is 18.3 Å². The molecule has 1 aliphatic rings. The first-order chi connectivity index (χ1) is 7.74. The molecule has 0 aromatic rings. The number of rotatable bonds is 6. The molecule has 2 atom stereocenters. The summed E-state index contributed by atoms with van der Waals surface area (Å²) in [5.74, 6) is -0.0448. The first-order valence-electron chi connectivity index (χ1n) is 5.83. The fraction of sp³-hybridized carbons (Fsp3) is 0.909. The molecular weight excluding hydrogens is 244 g/mol. The molecule has 1 heterocycles. The summed E-state index contributed by atoms with van der Waals surface area (Å²) in [7, 11) is 1.61. The van der Waals surface area contributed by atoms with Gasteiger partial charge in [0.25, 0.3) is 0 Å². The van der Waals surface area contributed by atoms with Crippen molar-refractivity contribution in [3.05, 3.63) is 0 Å². The number of piperidine rings is 1. The lowest BCUT2D eigenvalue weighted by atomic mass is 10.00. The highest BCUT2D eigenvalue weighted by atomic mass is 35.5. The van der Waals surface area contributed by atoms with Gasteiger partial charge in [-0.15, -0.1) is 12.4 Å². The van der Waals surface area contributed by atoms with Crippen molar-refractivity contribution in [1.82, 2.24) is 10.6 Å². The minimum Gasteiger partial charge on any atom is -0.382 e. The highest BCUT2D eigenvalue weighted by Crippen LogP contribution is 2.07. The van der Waals surface area contributed by atoms with Crippen LogP contribution >= 0.6 is 12.4 Å². The monoisotopic (exact) mass is 266 g/mol. The van der Waals surface area contributed by atoms with E-state index in [-0.39, 0.29) is 31.0 Å². The zero-order valence-corrected chi connectivity index (χ0v) is 11.3. The Balaban J connectivity index is 0.00000256. The third-order valence-corrected chi connectivity index (χ3v) is 2.77. The van der Waals surface area contributed by atoms with Gasteiger partial charge < -0.3 is 20.1 Å². The Hall–Kier alpha value is -0.360. The molecule has 6 heteroatoms. The lowest BCUT2D eigenvalue weighted by Crippen LogP contribution is -2.52. The topological polar surface area (TPSA) is 59.6 Å². The van der Waals surface area contributed by atoms with Gasteiger partial charge in [-0.05, 0) is 26.3 Å². The van der Waals surface area contributed by atoms with Crippen LogP contribution in [-0.2, 0) is 14.3 Å². The molecule has 17 heavy (non-hydrogen) atoms. The summed E-state index contributed by atoms with van der Waals surface area (Å²) in [5.41, 5.74) is 0.